The second-order valence-electron chi connectivity index (χ2n) is 6.95. The molecule has 0 aromatic heterocycles. The summed E-state index contributed by atoms with van der Waals surface area (Å²) in [6.45, 7) is 10.1. The van der Waals surface area contributed by atoms with Gasteiger partial charge in [-0.2, -0.15) is 0 Å². The SMILES string of the molecule is C=C(C)COc1ccc(C(=O)Nc2ccc(NC(=O)CC(C)C)cc2)cc1. The van der Waals surface area contributed by atoms with Gasteiger partial charge in [-0.3, -0.25) is 9.59 Å². The number of hydrogen-bond acceptors (Lipinski definition) is 3. The Bertz CT molecular complexity index is 793. The Labute approximate surface area is 160 Å². The van der Waals surface area contributed by atoms with Gasteiger partial charge < -0.3 is 15.4 Å². The lowest BCUT2D eigenvalue weighted by Gasteiger charge is -2.10. The lowest BCUT2D eigenvalue weighted by molar-refractivity contribution is -0.116. The summed E-state index contributed by atoms with van der Waals surface area (Å²) in [5.41, 5.74) is 2.83. The minimum Gasteiger partial charge on any atom is -0.489 e. The minimum absolute atomic E-state index is 0.0178. The van der Waals surface area contributed by atoms with Crippen LogP contribution in [0.3, 0.4) is 0 Å². The molecule has 0 spiro atoms. The summed E-state index contributed by atoms with van der Waals surface area (Å²) in [4.78, 5) is 24.1. The molecule has 0 bridgehead atoms. The Morgan fingerprint density at radius 3 is 2.04 bits per heavy atom. The van der Waals surface area contributed by atoms with Crippen LogP contribution in [0.15, 0.2) is 60.7 Å². The van der Waals surface area contributed by atoms with E-state index in [1.54, 1.807) is 48.5 Å². The maximum absolute atomic E-state index is 12.3. The molecule has 0 radical (unpaired) electrons. The lowest BCUT2D eigenvalue weighted by Crippen LogP contribution is -2.14. The van der Waals surface area contributed by atoms with Crippen LogP contribution in [0, 0.1) is 5.92 Å². The van der Waals surface area contributed by atoms with Gasteiger partial charge in [0.1, 0.15) is 12.4 Å². The van der Waals surface area contributed by atoms with E-state index < -0.39 is 0 Å². The molecule has 0 atom stereocenters. The molecule has 2 N–H and O–H groups in total. The molecule has 0 aliphatic heterocycles. The van der Waals surface area contributed by atoms with Crippen molar-refractivity contribution in [1.29, 1.82) is 0 Å². The molecule has 0 aliphatic carbocycles. The van der Waals surface area contributed by atoms with Crippen molar-refractivity contribution in [1.82, 2.24) is 0 Å². The van der Waals surface area contributed by atoms with Crippen molar-refractivity contribution in [2.75, 3.05) is 17.2 Å². The van der Waals surface area contributed by atoms with Crippen LogP contribution in [0.4, 0.5) is 11.4 Å². The highest BCUT2D eigenvalue weighted by molar-refractivity contribution is 6.04. The molecule has 0 saturated carbocycles. The first-order valence-electron chi connectivity index (χ1n) is 8.92. The van der Waals surface area contributed by atoms with E-state index in [9.17, 15) is 9.59 Å². The third kappa shape index (κ3) is 6.98. The summed E-state index contributed by atoms with van der Waals surface area (Å²) in [5, 5.41) is 5.67. The molecule has 0 saturated heterocycles. The zero-order valence-corrected chi connectivity index (χ0v) is 16.0. The van der Waals surface area contributed by atoms with E-state index in [0.717, 1.165) is 5.57 Å². The molecule has 0 fully saturated rings. The van der Waals surface area contributed by atoms with Crippen LogP contribution in [-0.2, 0) is 4.79 Å². The van der Waals surface area contributed by atoms with Crippen LogP contribution in [-0.4, -0.2) is 18.4 Å². The van der Waals surface area contributed by atoms with Crippen molar-refractivity contribution in [2.45, 2.75) is 27.2 Å². The number of nitrogens with one attached hydrogen (secondary N) is 2. The predicted octanol–water partition coefficient (Wildman–Crippen LogP) is 4.88. The Kier molecular flexibility index (Phi) is 7.17. The van der Waals surface area contributed by atoms with Crippen molar-refractivity contribution < 1.29 is 14.3 Å². The van der Waals surface area contributed by atoms with Crippen molar-refractivity contribution in [2.24, 2.45) is 5.92 Å². The maximum Gasteiger partial charge on any atom is 0.255 e. The molecule has 2 aromatic rings. The fourth-order valence-electron chi connectivity index (χ4n) is 2.33. The van der Waals surface area contributed by atoms with Crippen molar-refractivity contribution in [3.8, 4) is 5.75 Å². The summed E-state index contributed by atoms with van der Waals surface area (Å²) in [6, 6.07) is 14.0. The highest BCUT2D eigenvalue weighted by Crippen LogP contribution is 2.17. The normalized spacial score (nSPS) is 10.4. The molecule has 2 aromatic carbocycles. The summed E-state index contributed by atoms with van der Waals surface area (Å²) >= 11 is 0. The first-order chi connectivity index (χ1) is 12.8. The summed E-state index contributed by atoms with van der Waals surface area (Å²) in [6.07, 6.45) is 0.477. The van der Waals surface area contributed by atoms with Gasteiger partial charge in [-0.15, -0.1) is 0 Å². The minimum atomic E-state index is -0.210. The van der Waals surface area contributed by atoms with E-state index in [-0.39, 0.29) is 11.8 Å². The molecular formula is C22H26N2O3. The van der Waals surface area contributed by atoms with Crippen LogP contribution in [0.2, 0.25) is 0 Å². The van der Waals surface area contributed by atoms with Gasteiger partial charge in [0.15, 0.2) is 0 Å². The standard InChI is InChI=1S/C22H26N2O3/c1-15(2)13-21(25)23-18-7-9-19(10-8-18)24-22(26)17-5-11-20(12-6-17)27-14-16(3)4/h5-12,15H,3,13-14H2,1-2,4H3,(H,23,25)(H,24,26). The molecule has 142 valence electrons. The third-order valence-corrected chi connectivity index (χ3v) is 3.62. The van der Waals surface area contributed by atoms with E-state index in [4.69, 9.17) is 4.74 Å². The highest BCUT2D eigenvalue weighted by atomic mass is 16.5. The maximum atomic E-state index is 12.3. The van der Waals surface area contributed by atoms with Crippen molar-refractivity contribution in [3.05, 3.63) is 66.2 Å². The smallest absolute Gasteiger partial charge is 0.255 e. The Morgan fingerprint density at radius 2 is 1.52 bits per heavy atom. The zero-order chi connectivity index (χ0) is 19.8. The topological polar surface area (TPSA) is 67.4 Å². The summed E-state index contributed by atoms with van der Waals surface area (Å²) in [5.74, 6) is 0.769. The second-order valence-corrected chi connectivity index (χ2v) is 6.95. The van der Waals surface area contributed by atoms with Crippen LogP contribution >= 0.6 is 0 Å². The number of carbonyl (C=O) groups is 2. The largest absolute Gasteiger partial charge is 0.489 e. The van der Waals surface area contributed by atoms with Crippen LogP contribution in [0.5, 0.6) is 5.75 Å². The van der Waals surface area contributed by atoms with Crippen molar-refractivity contribution in [3.63, 3.8) is 0 Å². The Hall–Kier alpha value is -3.08. The van der Waals surface area contributed by atoms with Gasteiger partial charge in [-0.25, -0.2) is 0 Å². The molecule has 2 rings (SSSR count). The first kappa shape index (κ1) is 20.2. The van der Waals surface area contributed by atoms with Gasteiger partial charge in [0.05, 0.1) is 0 Å². The number of rotatable bonds is 8. The molecule has 5 nitrogen and oxygen atoms in total. The number of hydrogen-bond donors (Lipinski definition) is 2. The molecular weight excluding hydrogens is 340 g/mol. The molecule has 0 unspecified atom stereocenters. The van der Waals surface area contributed by atoms with Crippen molar-refractivity contribution >= 4 is 23.2 Å². The van der Waals surface area contributed by atoms with E-state index >= 15 is 0 Å². The Balaban J connectivity index is 1.91. The van der Waals surface area contributed by atoms with Gasteiger partial charge in [0.2, 0.25) is 5.91 Å². The summed E-state index contributed by atoms with van der Waals surface area (Å²) in [7, 11) is 0. The van der Waals surface area contributed by atoms with Crippen LogP contribution in [0.1, 0.15) is 37.6 Å². The Morgan fingerprint density at radius 1 is 0.963 bits per heavy atom. The second kappa shape index (κ2) is 9.57. The van der Waals surface area contributed by atoms with Gasteiger partial charge >= 0.3 is 0 Å². The van der Waals surface area contributed by atoms with E-state index in [2.05, 4.69) is 17.2 Å². The van der Waals surface area contributed by atoms with Gasteiger partial charge in [0, 0.05) is 23.4 Å². The predicted molar refractivity (Wildman–Crippen MR) is 109 cm³/mol. The average Bonchev–Trinajstić information content (AvgIpc) is 2.61. The molecule has 0 aliphatic rings. The third-order valence-electron chi connectivity index (χ3n) is 3.62. The summed E-state index contributed by atoms with van der Waals surface area (Å²) < 4.78 is 5.52. The average molecular weight is 366 g/mol. The number of anilines is 2. The number of benzene rings is 2. The van der Waals surface area contributed by atoms with E-state index in [1.165, 1.54) is 0 Å². The lowest BCUT2D eigenvalue weighted by atomic mass is 10.1. The first-order valence-corrected chi connectivity index (χ1v) is 8.92. The fraction of sp³-hybridized carbons (Fsp3) is 0.273. The van der Waals surface area contributed by atoms with E-state index in [1.807, 2.05) is 20.8 Å². The number of ether oxygens (including phenoxy) is 1. The molecule has 5 heteroatoms. The van der Waals surface area contributed by atoms with E-state index in [0.29, 0.717) is 41.6 Å². The fourth-order valence-corrected chi connectivity index (χ4v) is 2.33. The van der Waals surface area contributed by atoms with Crippen LogP contribution < -0.4 is 15.4 Å². The van der Waals surface area contributed by atoms with Gasteiger partial charge in [-0.05, 0) is 66.9 Å². The monoisotopic (exact) mass is 366 g/mol. The number of amides is 2. The molecule has 27 heavy (non-hydrogen) atoms. The number of carbonyl (C=O) groups excluding carboxylic acids is 2. The molecule has 0 heterocycles. The van der Waals surface area contributed by atoms with Gasteiger partial charge in [0.25, 0.3) is 5.91 Å². The zero-order valence-electron chi connectivity index (χ0n) is 16.0. The quantitative estimate of drug-likeness (QED) is 0.655. The van der Waals surface area contributed by atoms with Gasteiger partial charge in [-0.1, -0.05) is 20.4 Å². The molecule has 2 amide bonds. The highest BCUT2D eigenvalue weighted by Gasteiger charge is 2.08. The van der Waals surface area contributed by atoms with Crippen LogP contribution in [0.25, 0.3) is 0 Å².